The van der Waals surface area contributed by atoms with E-state index in [4.69, 9.17) is 0 Å². The Kier molecular flexibility index (Phi) is 5.21. The quantitative estimate of drug-likeness (QED) is 0.913. The molecule has 1 unspecified atom stereocenters. The summed E-state index contributed by atoms with van der Waals surface area (Å²) in [6.07, 6.45) is 3.69. The molecule has 3 rings (SSSR count). The number of hydrogen-bond donors (Lipinski definition) is 1. The third kappa shape index (κ3) is 3.79. The molecule has 1 aromatic carbocycles. The number of benzene rings is 1. The fourth-order valence-corrected chi connectivity index (χ4v) is 3.47. The van der Waals surface area contributed by atoms with Gasteiger partial charge in [0.2, 0.25) is 0 Å². The van der Waals surface area contributed by atoms with Crippen LogP contribution in [0.15, 0.2) is 41.3 Å². The minimum absolute atomic E-state index is 0.0926. The van der Waals surface area contributed by atoms with Gasteiger partial charge in [0.25, 0.3) is 0 Å². The number of para-hydroxylation sites is 1. The van der Waals surface area contributed by atoms with E-state index >= 15 is 0 Å². The highest BCUT2D eigenvalue weighted by atomic mass is 16.3. The topological polar surface area (TPSA) is 50.4 Å². The van der Waals surface area contributed by atoms with Crippen LogP contribution in [-0.2, 0) is 6.54 Å². The molecule has 0 radical (unpaired) electrons. The lowest BCUT2D eigenvalue weighted by Crippen LogP contribution is -2.40. The number of aromatic nitrogens is 2. The molecule has 1 atom stereocenters. The van der Waals surface area contributed by atoms with E-state index in [1.165, 1.54) is 12.8 Å². The molecule has 1 aliphatic rings. The molecule has 1 N–H and O–H groups in total. The Bertz CT molecular complexity index is 712. The van der Waals surface area contributed by atoms with Crippen molar-refractivity contribution in [3.05, 3.63) is 52.7 Å². The standard InChI is InChI=1S/C19H27N3O2/c1-15-8-10-20(11-9-15)13-18(23)14-21-12-16(2)22(19(21)24)17-6-4-3-5-7-17/h3-7,12,15,18,23H,8-11,13-14H2,1-2H3. The van der Waals surface area contributed by atoms with Gasteiger partial charge in [-0.15, -0.1) is 0 Å². The largest absolute Gasteiger partial charge is 0.390 e. The van der Waals surface area contributed by atoms with E-state index in [-0.39, 0.29) is 5.69 Å². The Hall–Kier alpha value is -1.85. The van der Waals surface area contributed by atoms with Crippen LogP contribution >= 0.6 is 0 Å². The molecular weight excluding hydrogens is 302 g/mol. The number of aliphatic hydroxyl groups excluding tert-OH is 1. The second kappa shape index (κ2) is 7.36. The summed E-state index contributed by atoms with van der Waals surface area (Å²) in [5, 5.41) is 10.4. The third-order valence-corrected chi connectivity index (χ3v) is 4.90. The van der Waals surface area contributed by atoms with Crippen LogP contribution in [0.1, 0.15) is 25.5 Å². The lowest BCUT2D eigenvalue weighted by Gasteiger charge is -2.31. The smallest absolute Gasteiger partial charge is 0.333 e. The summed E-state index contributed by atoms with van der Waals surface area (Å²) < 4.78 is 3.31. The van der Waals surface area contributed by atoms with Crippen molar-refractivity contribution in [1.29, 1.82) is 0 Å². The maximum absolute atomic E-state index is 12.7. The van der Waals surface area contributed by atoms with Crippen LogP contribution in [-0.4, -0.2) is 44.9 Å². The summed E-state index contributed by atoms with van der Waals surface area (Å²) in [6, 6.07) is 9.62. The minimum Gasteiger partial charge on any atom is -0.390 e. The molecule has 1 saturated heterocycles. The summed E-state index contributed by atoms with van der Waals surface area (Å²) in [5.41, 5.74) is 1.65. The Morgan fingerprint density at radius 1 is 1.17 bits per heavy atom. The third-order valence-electron chi connectivity index (χ3n) is 4.90. The molecule has 0 amide bonds. The van der Waals surface area contributed by atoms with Crippen LogP contribution in [0.25, 0.3) is 5.69 Å². The number of piperidine rings is 1. The van der Waals surface area contributed by atoms with E-state index < -0.39 is 6.10 Å². The van der Waals surface area contributed by atoms with E-state index in [0.717, 1.165) is 30.4 Å². The van der Waals surface area contributed by atoms with Gasteiger partial charge in [0.05, 0.1) is 18.3 Å². The monoisotopic (exact) mass is 329 g/mol. The van der Waals surface area contributed by atoms with Crippen molar-refractivity contribution in [1.82, 2.24) is 14.0 Å². The lowest BCUT2D eigenvalue weighted by atomic mass is 9.99. The zero-order valence-corrected chi connectivity index (χ0v) is 14.6. The highest BCUT2D eigenvalue weighted by molar-refractivity contribution is 5.33. The Morgan fingerprint density at radius 3 is 2.50 bits per heavy atom. The molecule has 1 aliphatic heterocycles. The van der Waals surface area contributed by atoms with Crippen LogP contribution in [0.2, 0.25) is 0 Å². The van der Waals surface area contributed by atoms with Gasteiger partial charge in [-0.05, 0) is 50.9 Å². The number of hydrogen-bond acceptors (Lipinski definition) is 3. The van der Waals surface area contributed by atoms with Crippen LogP contribution < -0.4 is 5.69 Å². The highest BCUT2D eigenvalue weighted by Gasteiger charge is 2.19. The van der Waals surface area contributed by atoms with Crippen molar-refractivity contribution in [2.45, 2.75) is 39.3 Å². The predicted molar refractivity (Wildman–Crippen MR) is 95.6 cm³/mol. The molecule has 5 nitrogen and oxygen atoms in total. The van der Waals surface area contributed by atoms with E-state index in [1.54, 1.807) is 9.13 Å². The molecule has 2 heterocycles. The molecule has 1 fully saturated rings. The van der Waals surface area contributed by atoms with Gasteiger partial charge in [-0.25, -0.2) is 4.79 Å². The number of imidazole rings is 1. The molecule has 1 aromatic heterocycles. The number of likely N-dealkylation sites (tertiary alicyclic amines) is 1. The van der Waals surface area contributed by atoms with Crippen molar-refractivity contribution in [2.75, 3.05) is 19.6 Å². The predicted octanol–water partition coefficient (Wildman–Crippen LogP) is 2.04. The maximum Gasteiger partial charge on any atom is 0.333 e. The summed E-state index contributed by atoms with van der Waals surface area (Å²) in [7, 11) is 0. The number of nitrogens with zero attached hydrogens (tertiary/aromatic N) is 3. The summed E-state index contributed by atoms with van der Waals surface area (Å²) in [5.74, 6) is 0.781. The van der Waals surface area contributed by atoms with Crippen molar-refractivity contribution < 1.29 is 5.11 Å². The van der Waals surface area contributed by atoms with Gasteiger partial charge in [-0.3, -0.25) is 9.13 Å². The van der Waals surface area contributed by atoms with Gasteiger partial charge in [0.15, 0.2) is 0 Å². The molecule has 0 saturated carbocycles. The average molecular weight is 329 g/mol. The van der Waals surface area contributed by atoms with Gasteiger partial charge in [-0.1, -0.05) is 25.1 Å². The summed E-state index contributed by atoms with van der Waals surface area (Å²) in [6.45, 7) is 7.25. The van der Waals surface area contributed by atoms with Crippen LogP contribution in [0.4, 0.5) is 0 Å². The number of rotatable bonds is 5. The minimum atomic E-state index is -0.526. The van der Waals surface area contributed by atoms with E-state index in [0.29, 0.717) is 13.1 Å². The van der Waals surface area contributed by atoms with Gasteiger partial charge >= 0.3 is 5.69 Å². The Labute approximate surface area is 143 Å². The van der Waals surface area contributed by atoms with Crippen molar-refractivity contribution in [2.24, 2.45) is 5.92 Å². The van der Waals surface area contributed by atoms with Crippen molar-refractivity contribution in [3.8, 4) is 5.69 Å². The highest BCUT2D eigenvalue weighted by Crippen LogP contribution is 2.16. The molecule has 130 valence electrons. The van der Waals surface area contributed by atoms with E-state index in [9.17, 15) is 9.90 Å². The summed E-state index contributed by atoms with van der Waals surface area (Å²) >= 11 is 0. The summed E-state index contributed by atoms with van der Waals surface area (Å²) in [4.78, 5) is 15.0. The lowest BCUT2D eigenvalue weighted by molar-refractivity contribution is 0.0794. The van der Waals surface area contributed by atoms with Gasteiger partial charge < -0.3 is 10.0 Å². The first-order valence-corrected chi connectivity index (χ1v) is 8.79. The first-order chi connectivity index (χ1) is 11.5. The first-order valence-electron chi connectivity index (χ1n) is 8.79. The fraction of sp³-hybridized carbons (Fsp3) is 0.526. The zero-order chi connectivity index (χ0) is 17.1. The van der Waals surface area contributed by atoms with Gasteiger partial charge in [0, 0.05) is 18.4 Å². The second-order valence-electron chi connectivity index (χ2n) is 7.01. The molecule has 0 aliphatic carbocycles. The second-order valence-corrected chi connectivity index (χ2v) is 7.01. The van der Waals surface area contributed by atoms with E-state index in [1.807, 2.05) is 43.5 Å². The fourth-order valence-electron chi connectivity index (χ4n) is 3.47. The maximum atomic E-state index is 12.7. The van der Waals surface area contributed by atoms with Crippen LogP contribution in [0.3, 0.4) is 0 Å². The van der Waals surface area contributed by atoms with Crippen LogP contribution in [0, 0.1) is 12.8 Å². The molecular formula is C19H27N3O2. The van der Waals surface area contributed by atoms with Crippen molar-refractivity contribution >= 4 is 0 Å². The molecule has 5 heteroatoms. The van der Waals surface area contributed by atoms with E-state index in [2.05, 4.69) is 11.8 Å². The number of β-amino-alcohol motifs (C(OH)–C–C–N with tert-alkyl or cyclic N) is 1. The average Bonchev–Trinajstić information content (AvgIpc) is 2.84. The first kappa shape index (κ1) is 17.0. The zero-order valence-electron chi connectivity index (χ0n) is 14.6. The van der Waals surface area contributed by atoms with Crippen LogP contribution in [0.5, 0.6) is 0 Å². The Balaban J connectivity index is 1.68. The molecule has 0 spiro atoms. The van der Waals surface area contributed by atoms with Gasteiger partial charge in [-0.2, -0.15) is 0 Å². The number of aliphatic hydroxyl groups is 1. The van der Waals surface area contributed by atoms with Gasteiger partial charge in [0.1, 0.15) is 0 Å². The molecule has 0 bridgehead atoms. The Morgan fingerprint density at radius 2 is 1.83 bits per heavy atom. The molecule has 24 heavy (non-hydrogen) atoms. The molecule has 2 aromatic rings. The normalized spacial score (nSPS) is 18.0. The van der Waals surface area contributed by atoms with Crippen molar-refractivity contribution in [3.63, 3.8) is 0 Å². The number of aryl methyl sites for hydroxylation is 1. The SMILES string of the molecule is Cc1cn(CC(O)CN2CCC(C)CC2)c(=O)n1-c1ccccc1.